The molecule has 0 saturated carbocycles. The summed E-state index contributed by atoms with van der Waals surface area (Å²) in [5.74, 6) is -1.38. The van der Waals surface area contributed by atoms with Gasteiger partial charge in [-0.2, -0.15) is 0 Å². The van der Waals surface area contributed by atoms with Gasteiger partial charge in [-0.05, 0) is 12.5 Å². The number of nitrogen functional groups attached to an aromatic ring is 1. The number of carbonyl (C=O) groups is 2. The van der Waals surface area contributed by atoms with Gasteiger partial charge < -0.3 is 16.4 Å². The molecule has 1 heterocycles. The zero-order valence-electron chi connectivity index (χ0n) is 10.7. The number of hydrogen-bond acceptors (Lipinski definition) is 4. The maximum atomic E-state index is 12.9. The summed E-state index contributed by atoms with van der Waals surface area (Å²) in [4.78, 5) is 26.5. The number of hydrogen-bond donors (Lipinski definition) is 3. The van der Waals surface area contributed by atoms with E-state index in [1.807, 2.05) is 6.92 Å². The quantitative estimate of drug-likeness (QED) is 0.697. The van der Waals surface area contributed by atoms with Crippen molar-refractivity contribution in [2.45, 2.75) is 19.8 Å². The first-order chi connectivity index (χ1) is 9.04. The number of nitrogens with zero attached hydrogens (tertiary/aromatic N) is 1. The number of carbonyl (C=O) groups excluding carboxylic acids is 2. The number of pyridine rings is 1. The summed E-state index contributed by atoms with van der Waals surface area (Å²) in [6, 6.07) is 1.01. The standard InChI is InChI=1S/C12H17FN4O2/c1-2-4-15-10(18)3-5-16-12(19)9-6-8(13)7-17-11(9)14/h6-7H,2-5H2,1H3,(H2,14,17)(H,15,18)(H,16,19). The Morgan fingerprint density at radius 2 is 2.11 bits per heavy atom. The van der Waals surface area contributed by atoms with Crippen molar-refractivity contribution in [2.75, 3.05) is 18.8 Å². The van der Waals surface area contributed by atoms with Crippen LogP contribution in [0, 0.1) is 5.82 Å². The fourth-order valence-electron chi connectivity index (χ4n) is 1.37. The third-order valence-electron chi connectivity index (χ3n) is 2.34. The number of halogens is 1. The number of rotatable bonds is 6. The normalized spacial score (nSPS) is 10.0. The minimum atomic E-state index is -0.639. The minimum absolute atomic E-state index is 0.0334. The summed E-state index contributed by atoms with van der Waals surface area (Å²) < 4.78 is 12.9. The first-order valence-electron chi connectivity index (χ1n) is 6.00. The Hall–Kier alpha value is -2.18. The molecule has 19 heavy (non-hydrogen) atoms. The lowest BCUT2D eigenvalue weighted by Gasteiger charge is -2.07. The van der Waals surface area contributed by atoms with Gasteiger partial charge in [0.15, 0.2) is 0 Å². The molecule has 0 bridgehead atoms. The summed E-state index contributed by atoms with van der Waals surface area (Å²) in [6.07, 6.45) is 1.95. The van der Waals surface area contributed by atoms with Crippen LogP contribution in [0.3, 0.4) is 0 Å². The van der Waals surface area contributed by atoms with Gasteiger partial charge in [-0.15, -0.1) is 0 Å². The van der Waals surface area contributed by atoms with Crippen molar-refractivity contribution < 1.29 is 14.0 Å². The fraction of sp³-hybridized carbons (Fsp3) is 0.417. The maximum absolute atomic E-state index is 12.9. The molecule has 0 unspecified atom stereocenters. The van der Waals surface area contributed by atoms with Crippen LogP contribution in [0.1, 0.15) is 30.1 Å². The molecule has 0 aliphatic heterocycles. The van der Waals surface area contributed by atoms with Crippen LogP contribution in [0.4, 0.5) is 10.2 Å². The third-order valence-corrected chi connectivity index (χ3v) is 2.34. The molecule has 0 aromatic carbocycles. The monoisotopic (exact) mass is 268 g/mol. The van der Waals surface area contributed by atoms with Crippen LogP contribution in [0.15, 0.2) is 12.3 Å². The summed E-state index contributed by atoms with van der Waals surface area (Å²) in [5, 5.41) is 5.17. The Morgan fingerprint density at radius 1 is 1.37 bits per heavy atom. The molecule has 1 aromatic heterocycles. The van der Waals surface area contributed by atoms with E-state index in [2.05, 4.69) is 15.6 Å². The lowest BCUT2D eigenvalue weighted by Crippen LogP contribution is -2.31. The smallest absolute Gasteiger partial charge is 0.255 e. The van der Waals surface area contributed by atoms with Crippen LogP contribution in [-0.4, -0.2) is 29.9 Å². The molecule has 0 aliphatic rings. The molecular formula is C12H17FN4O2. The average molecular weight is 268 g/mol. The zero-order chi connectivity index (χ0) is 14.3. The molecule has 7 heteroatoms. The van der Waals surface area contributed by atoms with Crippen molar-refractivity contribution in [2.24, 2.45) is 0 Å². The second-order valence-corrected chi connectivity index (χ2v) is 3.94. The van der Waals surface area contributed by atoms with Crippen LogP contribution in [0.25, 0.3) is 0 Å². The molecule has 0 aliphatic carbocycles. The van der Waals surface area contributed by atoms with E-state index in [1.54, 1.807) is 0 Å². The highest BCUT2D eigenvalue weighted by molar-refractivity contribution is 5.98. The molecule has 1 rings (SSSR count). The van der Waals surface area contributed by atoms with Crippen molar-refractivity contribution in [1.82, 2.24) is 15.6 Å². The topological polar surface area (TPSA) is 97.1 Å². The van der Waals surface area contributed by atoms with E-state index in [9.17, 15) is 14.0 Å². The van der Waals surface area contributed by atoms with Gasteiger partial charge in [0.2, 0.25) is 5.91 Å². The van der Waals surface area contributed by atoms with Crippen molar-refractivity contribution >= 4 is 17.6 Å². The Morgan fingerprint density at radius 3 is 2.79 bits per heavy atom. The third kappa shape index (κ3) is 4.90. The van der Waals surface area contributed by atoms with E-state index in [1.165, 1.54) is 0 Å². The second kappa shape index (κ2) is 7.30. The van der Waals surface area contributed by atoms with E-state index in [-0.39, 0.29) is 30.3 Å². The van der Waals surface area contributed by atoms with Gasteiger partial charge in [-0.1, -0.05) is 6.92 Å². The predicted octanol–water partition coefficient (Wildman–Crippen LogP) is 0.449. The van der Waals surface area contributed by atoms with Gasteiger partial charge in [0.1, 0.15) is 11.6 Å². The Balaban J connectivity index is 2.43. The molecule has 2 amide bonds. The molecule has 0 spiro atoms. The summed E-state index contributed by atoms with van der Waals surface area (Å²) in [7, 11) is 0. The molecule has 0 fully saturated rings. The molecule has 0 saturated heterocycles. The highest BCUT2D eigenvalue weighted by Gasteiger charge is 2.12. The predicted molar refractivity (Wildman–Crippen MR) is 68.9 cm³/mol. The van der Waals surface area contributed by atoms with E-state index < -0.39 is 11.7 Å². The molecule has 1 aromatic rings. The Bertz CT molecular complexity index is 465. The van der Waals surface area contributed by atoms with Gasteiger partial charge >= 0.3 is 0 Å². The maximum Gasteiger partial charge on any atom is 0.255 e. The SMILES string of the molecule is CCCNC(=O)CCNC(=O)c1cc(F)cnc1N. The second-order valence-electron chi connectivity index (χ2n) is 3.94. The van der Waals surface area contributed by atoms with Gasteiger partial charge in [-0.3, -0.25) is 9.59 Å². The van der Waals surface area contributed by atoms with E-state index in [0.717, 1.165) is 18.7 Å². The summed E-state index contributed by atoms with van der Waals surface area (Å²) >= 11 is 0. The Labute approximate surface area is 110 Å². The highest BCUT2D eigenvalue weighted by Crippen LogP contribution is 2.09. The van der Waals surface area contributed by atoms with Crippen LogP contribution in [-0.2, 0) is 4.79 Å². The van der Waals surface area contributed by atoms with E-state index >= 15 is 0 Å². The van der Waals surface area contributed by atoms with Gasteiger partial charge in [0.05, 0.1) is 11.8 Å². The van der Waals surface area contributed by atoms with Gasteiger partial charge in [-0.25, -0.2) is 9.37 Å². The Kier molecular flexibility index (Phi) is 5.72. The molecule has 4 N–H and O–H groups in total. The number of anilines is 1. The summed E-state index contributed by atoms with van der Waals surface area (Å²) in [6.45, 7) is 2.71. The van der Waals surface area contributed by atoms with Crippen LogP contribution >= 0.6 is 0 Å². The zero-order valence-corrected chi connectivity index (χ0v) is 10.7. The minimum Gasteiger partial charge on any atom is -0.383 e. The molecule has 6 nitrogen and oxygen atoms in total. The van der Waals surface area contributed by atoms with Gasteiger partial charge in [0, 0.05) is 19.5 Å². The van der Waals surface area contributed by atoms with Crippen LogP contribution in [0.2, 0.25) is 0 Å². The van der Waals surface area contributed by atoms with Gasteiger partial charge in [0.25, 0.3) is 5.91 Å². The number of nitrogens with two attached hydrogens (primary N) is 1. The number of amides is 2. The molecule has 0 atom stereocenters. The first-order valence-corrected chi connectivity index (χ1v) is 6.00. The molecule has 104 valence electrons. The van der Waals surface area contributed by atoms with Crippen molar-refractivity contribution in [1.29, 1.82) is 0 Å². The van der Waals surface area contributed by atoms with Crippen molar-refractivity contribution in [3.8, 4) is 0 Å². The van der Waals surface area contributed by atoms with Crippen LogP contribution in [0.5, 0.6) is 0 Å². The van der Waals surface area contributed by atoms with Crippen molar-refractivity contribution in [3.63, 3.8) is 0 Å². The molecule has 0 radical (unpaired) electrons. The number of aromatic nitrogens is 1. The first kappa shape index (κ1) is 14.9. The van der Waals surface area contributed by atoms with Crippen molar-refractivity contribution in [3.05, 3.63) is 23.6 Å². The average Bonchev–Trinajstić information content (AvgIpc) is 2.39. The largest absolute Gasteiger partial charge is 0.383 e. The lowest BCUT2D eigenvalue weighted by atomic mass is 10.2. The van der Waals surface area contributed by atoms with E-state index in [0.29, 0.717) is 6.54 Å². The number of nitrogens with one attached hydrogen (secondary N) is 2. The van der Waals surface area contributed by atoms with E-state index in [4.69, 9.17) is 5.73 Å². The lowest BCUT2D eigenvalue weighted by molar-refractivity contribution is -0.120. The summed E-state index contributed by atoms with van der Waals surface area (Å²) in [5.41, 5.74) is 5.44. The van der Waals surface area contributed by atoms with Crippen LogP contribution < -0.4 is 16.4 Å². The fourth-order valence-corrected chi connectivity index (χ4v) is 1.37. The molecular weight excluding hydrogens is 251 g/mol. The highest BCUT2D eigenvalue weighted by atomic mass is 19.1.